The minimum atomic E-state index is -0.754. The van der Waals surface area contributed by atoms with Crippen LogP contribution in [0.15, 0.2) is 73.2 Å². The molecule has 2 atom stereocenters. The minimum Gasteiger partial charge on any atom is -0.487 e. The summed E-state index contributed by atoms with van der Waals surface area (Å²) >= 11 is 5.95. The number of nitrogens with zero attached hydrogens (tertiary/aromatic N) is 5. The van der Waals surface area contributed by atoms with Crippen LogP contribution in [0.25, 0.3) is 22.4 Å². The first-order valence-corrected chi connectivity index (χ1v) is 14.2. The number of imidazole rings is 1. The van der Waals surface area contributed by atoms with Gasteiger partial charge in [0, 0.05) is 42.7 Å². The third kappa shape index (κ3) is 5.93. The number of benzene rings is 2. The van der Waals surface area contributed by atoms with Crippen molar-refractivity contribution in [1.29, 1.82) is 0 Å². The number of carboxylic acids is 1. The standard InChI is InChI=1S/C32H30ClN5O3/c1-20-6-11-24(34-15-20)19-41-25-12-13-28-29(14-25)38(31(37-28)26-4-2-3-5-27(26)32(39)40)18-21-7-9-22(10-8-21)30-35-16-23(33)17-36-30/h6-17,26-27H,2-5,18-19H2,1H3,(H,39,40). The predicted molar refractivity (Wildman–Crippen MR) is 157 cm³/mol. The molecule has 1 saturated carbocycles. The number of fused-ring (bicyclic) bond motifs is 1. The first kappa shape index (κ1) is 26.9. The van der Waals surface area contributed by atoms with Crippen LogP contribution in [0.1, 0.15) is 54.2 Å². The fourth-order valence-corrected chi connectivity index (χ4v) is 5.64. The molecule has 1 aliphatic carbocycles. The zero-order valence-electron chi connectivity index (χ0n) is 22.7. The number of carbonyl (C=O) groups is 1. The van der Waals surface area contributed by atoms with E-state index in [-0.39, 0.29) is 5.92 Å². The van der Waals surface area contributed by atoms with Crippen LogP contribution in [0.2, 0.25) is 5.02 Å². The number of ether oxygens (including phenoxy) is 1. The quantitative estimate of drug-likeness (QED) is 0.219. The molecule has 208 valence electrons. The third-order valence-electron chi connectivity index (χ3n) is 7.70. The van der Waals surface area contributed by atoms with Gasteiger partial charge in [-0.1, -0.05) is 54.8 Å². The topological polar surface area (TPSA) is 103 Å². The van der Waals surface area contributed by atoms with E-state index in [9.17, 15) is 9.90 Å². The van der Waals surface area contributed by atoms with Crippen LogP contribution in [0.4, 0.5) is 0 Å². The lowest BCUT2D eigenvalue weighted by Gasteiger charge is -2.28. The van der Waals surface area contributed by atoms with Gasteiger partial charge in [-0.15, -0.1) is 0 Å². The molecule has 1 fully saturated rings. The smallest absolute Gasteiger partial charge is 0.307 e. The molecule has 0 radical (unpaired) electrons. The summed E-state index contributed by atoms with van der Waals surface area (Å²) < 4.78 is 8.27. The molecular formula is C32H30ClN5O3. The Balaban J connectivity index is 1.35. The van der Waals surface area contributed by atoms with E-state index >= 15 is 0 Å². The fourth-order valence-electron chi connectivity index (χ4n) is 5.54. The Hall–Kier alpha value is -4.30. The number of halogens is 1. The van der Waals surface area contributed by atoms with Crippen LogP contribution < -0.4 is 4.74 Å². The number of aliphatic carboxylic acids is 1. The summed E-state index contributed by atoms with van der Waals surface area (Å²) in [5.41, 5.74) is 5.63. The average molecular weight is 568 g/mol. The molecule has 0 aliphatic heterocycles. The molecule has 1 aliphatic rings. The van der Waals surface area contributed by atoms with Gasteiger partial charge in [0.05, 0.1) is 27.7 Å². The molecule has 0 spiro atoms. The number of carboxylic acid groups (broad SMARTS) is 1. The zero-order valence-corrected chi connectivity index (χ0v) is 23.5. The molecule has 41 heavy (non-hydrogen) atoms. The Morgan fingerprint density at radius 1 is 1.00 bits per heavy atom. The van der Waals surface area contributed by atoms with Gasteiger partial charge in [-0.05, 0) is 49.1 Å². The van der Waals surface area contributed by atoms with Crippen molar-refractivity contribution in [2.24, 2.45) is 5.92 Å². The zero-order chi connectivity index (χ0) is 28.3. The van der Waals surface area contributed by atoms with E-state index in [1.165, 1.54) is 0 Å². The second kappa shape index (κ2) is 11.7. The number of hydrogen-bond acceptors (Lipinski definition) is 6. The maximum Gasteiger partial charge on any atom is 0.307 e. The molecule has 1 N–H and O–H groups in total. The Bertz CT molecular complexity index is 1670. The first-order valence-electron chi connectivity index (χ1n) is 13.8. The van der Waals surface area contributed by atoms with Gasteiger partial charge >= 0.3 is 5.97 Å². The summed E-state index contributed by atoms with van der Waals surface area (Å²) in [7, 11) is 0. The predicted octanol–water partition coefficient (Wildman–Crippen LogP) is 6.84. The molecule has 6 rings (SSSR count). The second-order valence-corrected chi connectivity index (χ2v) is 11.0. The maximum absolute atomic E-state index is 12.2. The highest BCUT2D eigenvalue weighted by atomic mass is 35.5. The Morgan fingerprint density at radius 3 is 2.51 bits per heavy atom. The Labute approximate surface area is 243 Å². The Morgan fingerprint density at radius 2 is 1.78 bits per heavy atom. The highest BCUT2D eigenvalue weighted by Gasteiger charge is 2.35. The number of aromatic nitrogens is 5. The number of pyridine rings is 1. The number of rotatable bonds is 8. The van der Waals surface area contributed by atoms with E-state index < -0.39 is 11.9 Å². The van der Waals surface area contributed by atoms with Crippen LogP contribution in [-0.4, -0.2) is 35.6 Å². The fraction of sp³-hybridized carbons (Fsp3) is 0.281. The van der Waals surface area contributed by atoms with Gasteiger partial charge in [0.2, 0.25) is 0 Å². The van der Waals surface area contributed by atoms with E-state index in [0.717, 1.165) is 58.5 Å². The monoisotopic (exact) mass is 567 g/mol. The first-order chi connectivity index (χ1) is 19.9. The summed E-state index contributed by atoms with van der Waals surface area (Å²) in [6.45, 7) is 2.90. The van der Waals surface area contributed by atoms with E-state index in [1.54, 1.807) is 12.4 Å². The van der Waals surface area contributed by atoms with Crippen molar-refractivity contribution in [2.75, 3.05) is 0 Å². The summed E-state index contributed by atoms with van der Waals surface area (Å²) in [4.78, 5) is 30.3. The van der Waals surface area contributed by atoms with E-state index in [4.69, 9.17) is 21.3 Å². The molecule has 5 aromatic rings. The summed E-state index contributed by atoms with van der Waals surface area (Å²) in [6.07, 6.45) is 8.38. The molecule has 9 heteroatoms. The van der Waals surface area contributed by atoms with Crippen molar-refractivity contribution in [1.82, 2.24) is 24.5 Å². The summed E-state index contributed by atoms with van der Waals surface area (Å²) in [5.74, 6) is 0.765. The lowest BCUT2D eigenvalue weighted by molar-refractivity contribution is -0.143. The number of hydrogen-bond donors (Lipinski definition) is 1. The third-order valence-corrected chi connectivity index (χ3v) is 7.89. The Kier molecular flexibility index (Phi) is 7.65. The van der Waals surface area contributed by atoms with E-state index in [0.29, 0.717) is 36.2 Å². The lowest BCUT2D eigenvalue weighted by Crippen LogP contribution is -2.27. The van der Waals surface area contributed by atoms with Gasteiger partial charge in [-0.2, -0.15) is 0 Å². The highest BCUT2D eigenvalue weighted by Crippen LogP contribution is 2.39. The van der Waals surface area contributed by atoms with Crippen molar-refractivity contribution in [3.8, 4) is 17.1 Å². The average Bonchev–Trinajstić information content (AvgIpc) is 3.35. The van der Waals surface area contributed by atoms with Gasteiger partial charge in [0.1, 0.15) is 18.2 Å². The highest BCUT2D eigenvalue weighted by molar-refractivity contribution is 6.30. The molecular weight excluding hydrogens is 538 g/mol. The molecule has 2 unspecified atom stereocenters. The van der Waals surface area contributed by atoms with Gasteiger partial charge in [0.15, 0.2) is 5.82 Å². The molecule has 8 nitrogen and oxygen atoms in total. The van der Waals surface area contributed by atoms with Gasteiger partial charge in [0.25, 0.3) is 0 Å². The van der Waals surface area contributed by atoms with Crippen LogP contribution in [0, 0.1) is 12.8 Å². The molecule has 0 amide bonds. The van der Waals surface area contributed by atoms with Crippen molar-refractivity contribution >= 4 is 28.6 Å². The summed E-state index contributed by atoms with van der Waals surface area (Å²) in [5, 5.41) is 10.5. The van der Waals surface area contributed by atoms with Gasteiger partial charge in [-0.3, -0.25) is 9.78 Å². The van der Waals surface area contributed by atoms with Gasteiger partial charge < -0.3 is 14.4 Å². The van der Waals surface area contributed by atoms with Gasteiger partial charge in [-0.25, -0.2) is 15.0 Å². The van der Waals surface area contributed by atoms with Crippen molar-refractivity contribution < 1.29 is 14.6 Å². The van der Waals surface area contributed by atoms with Crippen molar-refractivity contribution in [3.05, 3.63) is 101 Å². The van der Waals surface area contributed by atoms with E-state index in [1.807, 2.05) is 67.7 Å². The molecule has 2 aromatic carbocycles. The van der Waals surface area contributed by atoms with Crippen LogP contribution >= 0.6 is 11.6 Å². The lowest BCUT2D eigenvalue weighted by atomic mass is 9.78. The molecule has 3 aromatic heterocycles. The van der Waals surface area contributed by atoms with Crippen molar-refractivity contribution in [2.45, 2.75) is 51.7 Å². The second-order valence-electron chi connectivity index (χ2n) is 10.6. The summed E-state index contributed by atoms with van der Waals surface area (Å²) in [6, 6.07) is 17.9. The normalized spacial score (nSPS) is 17.0. The molecule has 0 bridgehead atoms. The largest absolute Gasteiger partial charge is 0.487 e. The maximum atomic E-state index is 12.2. The van der Waals surface area contributed by atoms with Crippen LogP contribution in [0.3, 0.4) is 0 Å². The SMILES string of the molecule is Cc1ccc(COc2ccc3nc(C4CCCCC4C(=O)O)n(Cc4ccc(-c5ncc(Cl)cn5)cc4)c3c2)nc1. The van der Waals surface area contributed by atoms with E-state index in [2.05, 4.69) is 19.5 Å². The van der Waals surface area contributed by atoms with Crippen LogP contribution in [-0.2, 0) is 17.9 Å². The minimum absolute atomic E-state index is 0.156. The molecule has 3 heterocycles. The molecule has 0 saturated heterocycles. The van der Waals surface area contributed by atoms with Crippen LogP contribution in [0.5, 0.6) is 5.75 Å². The van der Waals surface area contributed by atoms with Crippen molar-refractivity contribution in [3.63, 3.8) is 0 Å². The number of aryl methyl sites for hydroxylation is 1.